The molecule has 0 aromatic carbocycles. The largest absolute Gasteiger partial charge is 0.468 e. The fraction of sp³-hybridized carbons (Fsp3) is 0.643. The molecule has 1 aromatic rings. The minimum Gasteiger partial charge on any atom is -0.468 e. The van der Waals surface area contributed by atoms with Crippen LogP contribution >= 0.6 is 0 Å². The third-order valence-corrected chi connectivity index (χ3v) is 3.22. The lowest BCUT2D eigenvalue weighted by Crippen LogP contribution is -2.39. The van der Waals surface area contributed by atoms with Gasteiger partial charge in [-0.25, -0.2) is 4.98 Å². The van der Waals surface area contributed by atoms with Crippen molar-refractivity contribution in [3.05, 3.63) is 11.8 Å². The SMILES string of the molecule is CCC[C@@H](CC)Nc1ncc(C#N)c(OC2COC2)n1. The van der Waals surface area contributed by atoms with Crippen LogP contribution in [0.3, 0.4) is 0 Å². The van der Waals surface area contributed by atoms with Gasteiger partial charge in [0.1, 0.15) is 17.7 Å². The third kappa shape index (κ3) is 3.58. The lowest BCUT2D eigenvalue weighted by molar-refractivity contribution is -0.0814. The summed E-state index contributed by atoms with van der Waals surface area (Å²) in [5, 5.41) is 12.4. The molecule has 0 aliphatic carbocycles. The van der Waals surface area contributed by atoms with Crippen LogP contribution in [0.15, 0.2) is 6.20 Å². The van der Waals surface area contributed by atoms with Crippen LogP contribution in [0.4, 0.5) is 5.95 Å². The van der Waals surface area contributed by atoms with Gasteiger partial charge in [0, 0.05) is 6.04 Å². The Bertz CT molecular complexity index is 483. The molecule has 2 rings (SSSR count). The number of rotatable bonds is 7. The predicted molar refractivity (Wildman–Crippen MR) is 74.6 cm³/mol. The van der Waals surface area contributed by atoms with E-state index in [0.717, 1.165) is 19.3 Å². The van der Waals surface area contributed by atoms with E-state index in [1.165, 1.54) is 6.20 Å². The zero-order chi connectivity index (χ0) is 14.4. The van der Waals surface area contributed by atoms with E-state index in [-0.39, 0.29) is 6.10 Å². The number of hydrogen-bond acceptors (Lipinski definition) is 6. The van der Waals surface area contributed by atoms with E-state index in [4.69, 9.17) is 14.7 Å². The maximum Gasteiger partial charge on any atom is 0.237 e. The first-order valence-corrected chi connectivity index (χ1v) is 7.04. The molecular weight excluding hydrogens is 256 g/mol. The average Bonchev–Trinajstić information content (AvgIpc) is 2.42. The van der Waals surface area contributed by atoms with E-state index < -0.39 is 0 Å². The maximum atomic E-state index is 9.06. The predicted octanol–water partition coefficient (Wildman–Crippen LogP) is 2.12. The number of anilines is 1. The Hall–Kier alpha value is -1.87. The second-order valence-corrected chi connectivity index (χ2v) is 4.84. The number of aromatic nitrogens is 2. The van der Waals surface area contributed by atoms with Crippen LogP contribution in [0.5, 0.6) is 5.88 Å². The van der Waals surface area contributed by atoms with Crippen molar-refractivity contribution < 1.29 is 9.47 Å². The zero-order valence-corrected chi connectivity index (χ0v) is 11.9. The van der Waals surface area contributed by atoms with Gasteiger partial charge in [0.15, 0.2) is 0 Å². The minimum atomic E-state index is -0.0116. The summed E-state index contributed by atoms with van der Waals surface area (Å²) in [5.41, 5.74) is 0.353. The molecule has 0 amide bonds. The maximum absolute atomic E-state index is 9.06. The molecular formula is C14H20N4O2. The standard InChI is InChI=1S/C14H20N4O2/c1-3-5-11(4-2)17-14-16-7-10(6-15)13(18-14)20-12-8-19-9-12/h7,11-12H,3-5,8-9H2,1-2H3,(H,16,17,18)/t11-/m1/s1. The molecule has 1 aliphatic heterocycles. The molecule has 20 heavy (non-hydrogen) atoms. The Morgan fingerprint density at radius 1 is 1.55 bits per heavy atom. The lowest BCUT2D eigenvalue weighted by Gasteiger charge is -2.26. The van der Waals surface area contributed by atoms with Crippen molar-refractivity contribution in [3.8, 4) is 11.9 Å². The molecule has 1 atom stereocenters. The molecule has 0 bridgehead atoms. The molecule has 0 radical (unpaired) electrons. The van der Waals surface area contributed by atoms with Gasteiger partial charge in [-0.1, -0.05) is 20.3 Å². The second kappa shape index (κ2) is 7.06. The Morgan fingerprint density at radius 2 is 2.35 bits per heavy atom. The fourth-order valence-electron chi connectivity index (χ4n) is 1.95. The highest BCUT2D eigenvalue weighted by Gasteiger charge is 2.23. The van der Waals surface area contributed by atoms with Gasteiger partial charge >= 0.3 is 0 Å². The zero-order valence-electron chi connectivity index (χ0n) is 11.9. The van der Waals surface area contributed by atoms with Gasteiger partial charge in [-0.15, -0.1) is 0 Å². The Labute approximate surface area is 119 Å². The van der Waals surface area contributed by atoms with E-state index in [1.54, 1.807) is 0 Å². The second-order valence-electron chi connectivity index (χ2n) is 4.84. The highest BCUT2D eigenvalue weighted by molar-refractivity contribution is 5.41. The van der Waals surface area contributed by atoms with Crippen molar-refractivity contribution in [1.29, 1.82) is 5.26 Å². The van der Waals surface area contributed by atoms with Crippen molar-refractivity contribution in [2.24, 2.45) is 0 Å². The molecule has 1 aliphatic rings. The van der Waals surface area contributed by atoms with Crippen molar-refractivity contribution in [1.82, 2.24) is 9.97 Å². The van der Waals surface area contributed by atoms with Crippen LogP contribution in [-0.2, 0) is 4.74 Å². The fourth-order valence-corrected chi connectivity index (χ4v) is 1.95. The molecule has 6 nitrogen and oxygen atoms in total. The number of hydrogen-bond donors (Lipinski definition) is 1. The first kappa shape index (κ1) is 14.5. The van der Waals surface area contributed by atoms with E-state index in [0.29, 0.717) is 36.6 Å². The van der Waals surface area contributed by atoms with Gasteiger partial charge in [-0.3, -0.25) is 0 Å². The Kier molecular flexibility index (Phi) is 5.13. The average molecular weight is 276 g/mol. The molecule has 1 N–H and O–H groups in total. The molecule has 0 saturated carbocycles. The van der Waals surface area contributed by atoms with Crippen molar-refractivity contribution in [2.45, 2.75) is 45.3 Å². The number of nitrogens with zero attached hydrogens (tertiary/aromatic N) is 3. The summed E-state index contributed by atoms with van der Waals surface area (Å²) in [6.45, 7) is 5.37. The summed E-state index contributed by atoms with van der Waals surface area (Å²) in [5.74, 6) is 0.851. The van der Waals surface area contributed by atoms with E-state index in [9.17, 15) is 0 Å². The van der Waals surface area contributed by atoms with Crippen LogP contribution in [0.25, 0.3) is 0 Å². The van der Waals surface area contributed by atoms with E-state index >= 15 is 0 Å². The monoisotopic (exact) mass is 276 g/mol. The summed E-state index contributed by atoms with van der Waals surface area (Å²) in [4.78, 5) is 8.49. The quantitative estimate of drug-likeness (QED) is 0.821. The van der Waals surface area contributed by atoms with Gasteiger partial charge < -0.3 is 14.8 Å². The topological polar surface area (TPSA) is 80.1 Å². The van der Waals surface area contributed by atoms with Crippen LogP contribution < -0.4 is 10.1 Å². The summed E-state index contributed by atoms with van der Waals surface area (Å²) in [6, 6.07) is 2.39. The normalized spacial score (nSPS) is 16.1. The van der Waals surface area contributed by atoms with Crippen molar-refractivity contribution >= 4 is 5.95 Å². The van der Waals surface area contributed by atoms with Gasteiger partial charge in [0.25, 0.3) is 0 Å². The Morgan fingerprint density at radius 3 is 2.90 bits per heavy atom. The lowest BCUT2D eigenvalue weighted by atomic mass is 10.1. The van der Waals surface area contributed by atoms with Crippen LogP contribution in [0, 0.1) is 11.3 Å². The molecule has 2 heterocycles. The van der Waals surface area contributed by atoms with E-state index in [2.05, 4.69) is 35.2 Å². The third-order valence-electron chi connectivity index (χ3n) is 3.22. The van der Waals surface area contributed by atoms with Gasteiger partial charge in [0.2, 0.25) is 11.8 Å². The molecule has 1 saturated heterocycles. The molecule has 0 spiro atoms. The smallest absolute Gasteiger partial charge is 0.237 e. The molecule has 1 fully saturated rings. The molecule has 0 unspecified atom stereocenters. The molecule has 6 heteroatoms. The van der Waals surface area contributed by atoms with Gasteiger partial charge in [-0.2, -0.15) is 10.2 Å². The highest BCUT2D eigenvalue weighted by Crippen LogP contribution is 2.20. The summed E-state index contributed by atoms with van der Waals surface area (Å²) in [7, 11) is 0. The van der Waals surface area contributed by atoms with Gasteiger partial charge in [-0.05, 0) is 12.8 Å². The Balaban J connectivity index is 2.09. The summed E-state index contributed by atoms with van der Waals surface area (Å²) >= 11 is 0. The van der Waals surface area contributed by atoms with Crippen molar-refractivity contribution in [2.75, 3.05) is 18.5 Å². The number of nitriles is 1. The number of nitrogens with one attached hydrogen (secondary N) is 1. The van der Waals surface area contributed by atoms with E-state index in [1.807, 2.05) is 0 Å². The van der Waals surface area contributed by atoms with Crippen LogP contribution in [0.2, 0.25) is 0 Å². The summed E-state index contributed by atoms with van der Waals surface area (Å²) in [6.07, 6.45) is 4.66. The summed E-state index contributed by atoms with van der Waals surface area (Å²) < 4.78 is 10.7. The van der Waals surface area contributed by atoms with Crippen LogP contribution in [-0.4, -0.2) is 35.3 Å². The van der Waals surface area contributed by atoms with Crippen LogP contribution in [0.1, 0.15) is 38.7 Å². The minimum absolute atomic E-state index is 0.0116. The first-order chi connectivity index (χ1) is 9.76. The highest BCUT2D eigenvalue weighted by atomic mass is 16.6. The first-order valence-electron chi connectivity index (χ1n) is 7.04. The van der Waals surface area contributed by atoms with Gasteiger partial charge in [0.05, 0.1) is 19.4 Å². The number of ether oxygens (including phenoxy) is 2. The molecule has 1 aromatic heterocycles. The molecule has 108 valence electrons. The van der Waals surface area contributed by atoms with Crippen molar-refractivity contribution in [3.63, 3.8) is 0 Å².